The summed E-state index contributed by atoms with van der Waals surface area (Å²) in [6.07, 6.45) is 3.56. The van der Waals surface area contributed by atoms with Crippen LogP contribution >= 0.6 is 0 Å². The second-order valence-corrected chi connectivity index (χ2v) is 4.38. The Labute approximate surface area is 114 Å². The molecule has 2 rings (SSSR count). The van der Waals surface area contributed by atoms with Crippen LogP contribution in [0.15, 0.2) is 42.7 Å². The average Bonchev–Trinajstić information content (AvgIpc) is 2.93. The van der Waals surface area contributed by atoms with Crippen LogP contribution in [0, 0.1) is 0 Å². The zero-order chi connectivity index (χ0) is 13.7. The molecule has 0 saturated heterocycles. The molecule has 0 aliphatic heterocycles. The van der Waals surface area contributed by atoms with Crippen molar-refractivity contribution in [2.24, 2.45) is 5.73 Å². The third-order valence-electron chi connectivity index (χ3n) is 3.19. The molecule has 0 fully saturated rings. The van der Waals surface area contributed by atoms with Gasteiger partial charge in [0.25, 0.3) is 0 Å². The number of benzene rings is 1. The lowest BCUT2D eigenvalue weighted by Crippen LogP contribution is -2.25. The van der Waals surface area contributed by atoms with E-state index in [4.69, 9.17) is 10.5 Å². The first-order valence-corrected chi connectivity index (χ1v) is 6.71. The van der Waals surface area contributed by atoms with Gasteiger partial charge in [-0.15, -0.1) is 0 Å². The van der Waals surface area contributed by atoms with Crippen LogP contribution in [0.3, 0.4) is 0 Å². The molecule has 0 aliphatic rings. The zero-order valence-electron chi connectivity index (χ0n) is 11.5. The minimum absolute atomic E-state index is 0.168. The molecule has 0 amide bonds. The van der Waals surface area contributed by atoms with Gasteiger partial charge in [0.1, 0.15) is 11.9 Å². The smallest absolute Gasteiger partial charge is 0.128 e. The minimum Gasteiger partial charge on any atom is -0.372 e. The molecule has 0 spiro atoms. The van der Waals surface area contributed by atoms with Crippen LogP contribution in [0.2, 0.25) is 0 Å². The lowest BCUT2D eigenvalue weighted by atomic mass is 10.0. The normalized spacial score (nSPS) is 14.3. The fraction of sp³-hybridized carbons (Fsp3) is 0.400. The first kappa shape index (κ1) is 13.8. The van der Waals surface area contributed by atoms with Crippen molar-refractivity contribution in [3.8, 4) is 0 Å². The summed E-state index contributed by atoms with van der Waals surface area (Å²) in [6.45, 7) is 5.54. The van der Waals surface area contributed by atoms with Crippen molar-refractivity contribution in [3.63, 3.8) is 0 Å². The molecule has 0 saturated carbocycles. The van der Waals surface area contributed by atoms with Gasteiger partial charge >= 0.3 is 0 Å². The van der Waals surface area contributed by atoms with E-state index in [1.165, 1.54) is 0 Å². The van der Waals surface area contributed by atoms with Crippen LogP contribution in [0.5, 0.6) is 0 Å². The van der Waals surface area contributed by atoms with Gasteiger partial charge in [0.05, 0.1) is 6.04 Å². The number of nitrogens with zero attached hydrogens (tertiary/aromatic N) is 2. The minimum atomic E-state index is -0.266. The molecule has 102 valence electrons. The van der Waals surface area contributed by atoms with E-state index in [2.05, 4.69) is 16.5 Å². The molecule has 2 unspecified atom stereocenters. The number of rotatable bonds is 6. The van der Waals surface area contributed by atoms with E-state index >= 15 is 0 Å². The summed E-state index contributed by atoms with van der Waals surface area (Å²) >= 11 is 0. The quantitative estimate of drug-likeness (QED) is 0.867. The van der Waals surface area contributed by atoms with Gasteiger partial charge < -0.3 is 15.0 Å². The first-order chi connectivity index (χ1) is 9.27. The van der Waals surface area contributed by atoms with Crippen LogP contribution in [0.25, 0.3) is 0 Å². The van der Waals surface area contributed by atoms with Gasteiger partial charge in [-0.3, -0.25) is 0 Å². The third kappa shape index (κ3) is 3.03. The molecule has 1 aromatic carbocycles. The molecule has 1 heterocycles. The Morgan fingerprint density at radius 1 is 1.26 bits per heavy atom. The topological polar surface area (TPSA) is 53.1 Å². The highest BCUT2D eigenvalue weighted by molar-refractivity contribution is 5.21. The van der Waals surface area contributed by atoms with Crippen LogP contribution in [0.4, 0.5) is 0 Å². The van der Waals surface area contributed by atoms with E-state index in [-0.39, 0.29) is 12.1 Å². The van der Waals surface area contributed by atoms with Crippen molar-refractivity contribution in [3.05, 3.63) is 54.1 Å². The molecule has 0 bridgehead atoms. The maximum Gasteiger partial charge on any atom is 0.128 e. The van der Waals surface area contributed by atoms with Crippen molar-refractivity contribution in [2.45, 2.75) is 32.5 Å². The Balaban J connectivity index is 2.29. The van der Waals surface area contributed by atoms with E-state index in [0.29, 0.717) is 6.61 Å². The Morgan fingerprint density at radius 3 is 2.63 bits per heavy atom. The number of ether oxygens (including phenoxy) is 1. The summed E-state index contributed by atoms with van der Waals surface area (Å²) in [5.74, 6) is 0.866. The second-order valence-electron chi connectivity index (χ2n) is 4.38. The Hall–Kier alpha value is -1.65. The molecule has 1 aromatic heterocycles. The molecular formula is C15H21N3O. The van der Waals surface area contributed by atoms with E-state index in [1.807, 2.05) is 43.5 Å². The summed E-state index contributed by atoms with van der Waals surface area (Å²) in [6, 6.07) is 9.81. The highest BCUT2D eigenvalue weighted by Crippen LogP contribution is 2.29. The maximum absolute atomic E-state index is 6.37. The summed E-state index contributed by atoms with van der Waals surface area (Å²) in [5, 5.41) is 0. The summed E-state index contributed by atoms with van der Waals surface area (Å²) < 4.78 is 7.89. The predicted octanol–water partition coefficient (Wildman–Crippen LogP) is 2.68. The molecule has 0 aliphatic carbocycles. The zero-order valence-corrected chi connectivity index (χ0v) is 11.5. The second kappa shape index (κ2) is 6.50. The number of aryl methyl sites for hydroxylation is 1. The lowest BCUT2D eigenvalue weighted by Gasteiger charge is -2.24. The van der Waals surface area contributed by atoms with Crippen molar-refractivity contribution in [1.82, 2.24) is 9.55 Å². The average molecular weight is 259 g/mol. The van der Waals surface area contributed by atoms with Gasteiger partial charge in [0.15, 0.2) is 0 Å². The lowest BCUT2D eigenvalue weighted by molar-refractivity contribution is 0.0401. The van der Waals surface area contributed by atoms with E-state index in [1.54, 1.807) is 6.20 Å². The van der Waals surface area contributed by atoms with Crippen molar-refractivity contribution < 1.29 is 4.74 Å². The first-order valence-electron chi connectivity index (χ1n) is 6.71. The highest BCUT2D eigenvalue weighted by Gasteiger charge is 2.24. The van der Waals surface area contributed by atoms with Gasteiger partial charge in [0.2, 0.25) is 0 Å². The van der Waals surface area contributed by atoms with E-state index in [0.717, 1.165) is 17.9 Å². The summed E-state index contributed by atoms with van der Waals surface area (Å²) in [7, 11) is 0. The molecular weight excluding hydrogens is 238 g/mol. The van der Waals surface area contributed by atoms with Crippen LogP contribution in [0.1, 0.15) is 37.4 Å². The van der Waals surface area contributed by atoms with Gasteiger partial charge in [-0.2, -0.15) is 0 Å². The Kier molecular flexibility index (Phi) is 4.71. The monoisotopic (exact) mass is 259 g/mol. The Morgan fingerprint density at radius 2 is 2.00 bits per heavy atom. The highest BCUT2D eigenvalue weighted by atomic mass is 16.5. The largest absolute Gasteiger partial charge is 0.372 e. The molecule has 2 N–H and O–H groups in total. The van der Waals surface area contributed by atoms with Crippen LogP contribution in [-0.2, 0) is 11.3 Å². The molecule has 2 atom stereocenters. The third-order valence-corrected chi connectivity index (χ3v) is 3.19. The van der Waals surface area contributed by atoms with Crippen molar-refractivity contribution >= 4 is 0 Å². The van der Waals surface area contributed by atoms with E-state index in [9.17, 15) is 0 Å². The van der Waals surface area contributed by atoms with Gasteiger partial charge in [-0.25, -0.2) is 4.98 Å². The van der Waals surface area contributed by atoms with Crippen molar-refractivity contribution in [1.29, 1.82) is 0 Å². The molecule has 4 nitrogen and oxygen atoms in total. The summed E-state index contributed by atoms with van der Waals surface area (Å²) in [5.41, 5.74) is 7.46. The fourth-order valence-corrected chi connectivity index (χ4v) is 2.25. The SMILES string of the molecule is CCOC(c1ccccc1)C(N)c1nccn1CC. The van der Waals surface area contributed by atoms with Crippen LogP contribution in [-0.4, -0.2) is 16.2 Å². The number of aromatic nitrogens is 2. The van der Waals surface area contributed by atoms with Crippen LogP contribution < -0.4 is 5.73 Å². The maximum atomic E-state index is 6.37. The van der Waals surface area contributed by atoms with Crippen molar-refractivity contribution in [2.75, 3.05) is 6.61 Å². The number of hydrogen-bond donors (Lipinski definition) is 1. The molecule has 0 radical (unpaired) electrons. The van der Waals surface area contributed by atoms with Gasteiger partial charge in [-0.05, 0) is 19.4 Å². The number of nitrogens with two attached hydrogens (primary N) is 1. The summed E-state index contributed by atoms with van der Waals surface area (Å²) in [4.78, 5) is 4.37. The molecule has 4 heteroatoms. The Bertz CT molecular complexity index is 495. The van der Waals surface area contributed by atoms with Gasteiger partial charge in [-0.1, -0.05) is 30.3 Å². The van der Waals surface area contributed by atoms with Gasteiger partial charge in [0, 0.05) is 25.5 Å². The molecule has 2 aromatic rings. The number of imidazole rings is 1. The standard InChI is InChI=1S/C15H21N3O/c1-3-18-11-10-17-15(18)13(16)14(19-4-2)12-8-6-5-7-9-12/h5-11,13-14H,3-4,16H2,1-2H3. The predicted molar refractivity (Wildman–Crippen MR) is 75.6 cm³/mol. The van der Waals surface area contributed by atoms with E-state index < -0.39 is 0 Å². The number of hydrogen-bond acceptors (Lipinski definition) is 3. The molecule has 19 heavy (non-hydrogen) atoms. The fourth-order valence-electron chi connectivity index (χ4n) is 2.25.